The first-order valence-electron chi connectivity index (χ1n) is 9.52. The Bertz CT molecular complexity index is 1160. The minimum atomic E-state index is -0.582. The molecule has 1 aliphatic rings. The average Bonchev–Trinajstić information content (AvgIpc) is 3.53. The van der Waals surface area contributed by atoms with Crippen molar-refractivity contribution in [1.29, 1.82) is 0 Å². The van der Waals surface area contributed by atoms with E-state index in [4.69, 9.17) is 4.74 Å². The molecule has 0 unspecified atom stereocenters. The molecule has 2 heterocycles. The zero-order valence-electron chi connectivity index (χ0n) is 16.6. The number of aryl methyl sites for hydroxylation is 2. The molecule has 0 amide bonds. The Morgan fingerprint density at radius 1 is 1.18 bits per heavy atom. The van der Waals surface area contributed by atoms with Gasteiger partial charge in [0.2, 0.25) is 0 Å². The Labute approximate surface area is 164 Å². The lowest BCUT2D eigenvalue weighted by Crippen LogP contribution is -2.24. The van der Waals surface area contributed by atoms with Crippen LogP contribution < -0.4 is 10.9 Å². The fraction of sp³-hybridized carbons (Fsp3) is 0.304. The van der Waals surface area contributed by atoms with Crippen LogP contribution >= 0.6 is 0 Å². The lowest BCUT2D eigenvalue weighted by atomic mass is 9.95. The summed E-state index contributed by atoms with van der Waals surface area (Å²) in [7, 11) is 3.22. The summed E-state index contributed by atoms with van der Waals surface area (Å²) in [5.74, 6) is -0.192. The number of nitrogens with one attached hydrogen (secondary N) is 1. The summed E-state index contributed by atoms with van der Waals surface area (Å²) >= 11 is 0. The van der Waals surface area contributed by atoms with E-state index in [0.717, 1.165) is 46.3 Å². The molecule has 144 valence electrons. The van der Waals surface area contributed by atoms with Gasteiger partial charge in [-0.3, -0.25) is 9.20 Å². The highest BCUT2D eigenvalue weighted by Crippen LogP contribution is 2.43. The molecule has 0 atom stereocenters. The monoisotopic (exact) mass is 376 g/mol. The Kier molecular flexibility index (Phi) is 4.46. The summed E-state index contributed by atoms with van der Waals surface area (Å²) in [5.41, 5.74) is 7.26. The number of aromatic nitrogens is 1. The molecule has 4 rings (SSSR count). The third kappa shape index (κ3) is 2.87. The topological polar surface area (TPSA) is 59.8 Å². The average molecular weight is 376 g/mol. The molecule has 1 fully saturated rings. The molecule has 5 nitrogen and oxygen atoms in total. The van der Waals surface area contributed by atoms with Crippen LogP contribution in [0.2, 0.25) is 0 Å². The van der Waals surface area contributed by atoms with Crippen molar-refractivity contribution in [3.05, 3.63) is 69.1 Å². The lowest BCUT2D eigenvalue weighted by molar-refractivity contribution is 0.0598. The Morgan fingerprint density at radius 2 is 1.93 bits per heavy atom. The molecular formula is C23H24N2O3. The van der Waals surface area contributed by atoms with Crippen LogP contribution in [0, 0.1) is 13.8 Å². The molecule has 3 aromatic rings. The second kappa shape index (κ2) is 6.82. The number of benzene rings is 1. The van der Waals surface area contributed by atoms with Crippen LogP contribution in [0.4, 0.5) is 5.69 Å². The van der Waals surface area contributed by atoms with Crippen molar-refractivity contribution in [3.8, 4) is 11.1 Å². The Balaban J connectivity index is 1.99. The van der Waals surface area contributed by atoms with Crippen molar-refractivity contribution in [2.45, 2.75) is 32.6 Å². The normalized spacial score (nSPS) is 13.6. The highest BCUT2D eigenvalue weighted by molar-refractivity contribution is 5.90. The molecule has 0 radical (unpaired) electrons. The first kappa shape index (κ1) is 18.3. The fourth-order valence-electron chi connectivity index (χ4n) is 3.98. The fourth-order valence-corrected chi connectivity index (χ4v) is 3.98. The van der Waals surface area contributed by atoms with Gasteiger partial charge in [0.1, 0.15) is 5.56 Å². The van der Waals surface area contributed by atoms with Gasteiger partial charge < -0.3 is 10.1 Å². The number of esters is 1. The molecule has 0 bridgehead atoms. The molecule has 2 aromatic heterocycles. The maximum atomic E-state index is 12.9. The molecule has 0 saturated heterocycles. The van der Waals surface area contributed by atoms with Crippen LogP contribution in [0.15, 0.2) is 41.3 Å². The summed E-state index contributed by atoms with van der Waals surface area (Å²) in [4.78, 5) is 25.0. The molecular weight excluding hydrogens is 352 g/mol. The van der Waals surface area contributed by atoms with Gasteiger partial charge in [0.25, 0.3) is 5.56 Å². The van der Waals surface area contributed by atoms with Crippen LogP contribution in [0.1, 0.15) is 45.8 Å². The second-order valence-corrected chi connectivity index (χ2v) is 7.44. The number of carbonyl (C=O) groups excluding carboxylic acids is 1. The number of pyridine rings is 2. The number of carbonyl (C=O) groups is 1. The summed E-state index contributed by atoms with van der Waals surface area (Å²) in [6, 6.07) is 10.0. The van der Waals surface area contributed by atoms with Crippen LogP contribution in [0.3, 0.4) is 0 Å². The number of methoxy groups -OCH3 is 1. The maximum absolute atomic E-state index is 12.9. The van der Waals surface area contributed by atoms with E-state index in [9.17, 15) is 9.59 Å². The largest absolute Gasteiger partial charge is 0.465 e. The quantitative estimate of drug-likeness (QED) is 0.690. The van der Waals surface area contributed by atoms with Gasteiger partial charge in [-0.15, -0.1) is 0 Å². The van der Waals surface area contributed by atoms with E-state index in [1.807, 2.05) is 13.1 Å². The van der Waals surface area contributed by atoms with Crippen LogP contribution in [0.5, 0.6) is 0 Å². The predicted molar refractivity (Wildman–Crippen MR) is 111 cm³/mol. The third-order valence-corrected chi connectivity index (χ3v) is 5.64. The molecule has 28 heavy (non-hydrogen) atoms. The number of nitrogens with zero attached hydrogens (tertiary/aromatic N) is 1. The molecule has 5 heteroatoms. The molecule has 1 aliphatic carbocycles. The van der Waals surface area contributed by atoms with Gasteiger partial charge in [0.05, 0.1) is 12.6 Å². The van der Waals surface area contributed by atoms with Gasteiger partial charge in [-0.1, -0.05) is 6.07 Å². The zero-order valence-corrected chi connectivity index (χ0v) is 16.6. The minimum Gasteiger partial charge on any atom is -0.465 e. The van der Waals surface area contributed by atoms with E-state index in [1.54, 1.807) is 16.7 Å². The van der Waals surface area contributed by atoms with Crippen LogP contribution in [-0.2, 0) is 4.74 Å². The van der Waals surface area contributed by atoms with Gasteiger partial charge >= 0.3 is 5.97 Å². The van der Waals surface area contributed by atoms with E-state index < -0.39 is 5.97 Å². The number of ether oxygens (including phenoxy) is 1. The number of hydrogen-bond acceptors (Lipinski definition) is 4. The number of fused-ring (bicyclic) bond motifs is 1. The van der Waals surface area contributed by atoms with Crippen molar-refractivity contribution >= 4 is 17.2 Å². The van der Waals surface area contributed by atoms with Crippen molar-refractivity contribution in [2.75, 3.05) is 19.5 Å². The number of rotatable bonds is 4. The summed E-state index contributed by atoms with van der Waals surface area (Å²) in [5, 5.41) is 3.19. The van der Waals surface area contributed by atoms with Crippen LogP contribution in [-0.4, -0.2) is 24.5 Å². The van der Waals surface area contributed by atoms with Gasteiger partial charge in [-0.2, -0.15) is 0 Å². The van der Waals surface area contributed by atoms with Gasteiger partial charge in [0, 0.05) is 18.9 Å². The zero-order chi connectivity index (χ0) is 20.0. The molecule has 1 N–H and O–H groups in total. The van der Waals surface area contributed by atoms with Crippen molar-refractivity contribution < 1.29 is 9.53 Å². The first-order chi connectivity index (χ1) is 13.5. The third-order valence-electron chi connectivity index (χ3n) is 5.64. The Hall–Kier alpha value is -3.08. The number of hydrogen-bond donors (Lipinski definition) is 1. The van der Waals surface area contributed by atoms with Crippen molar-refractivity contribution in [2.24, 2.45) is 0 Å². The number of anilines is 1. The van der Waals surface area contributed by atoms with E-state index in [-0.39, 0.29) is 11.1 Å². The second-order valence-electron chi connectivity index (χ2n) is 7.44. The van der Waals surface area contributed by atoms with Gasteiger partial charge in [-0.25, -0.2) is 4.79 Å². The predicted octanol–water partition coefficient (Wildman–Crippen LogP) is 4.29. The van der Waals surface area contributed by atoms with Crippen molar-refractivity contribution in [3.63, 3.8) is 0 Å². The standard InChI is InChI=1S/C23H24N2O3/c1-13-11-16(7-8-20(13)24-3)17-9-10-25-21(14(17)2)18(15-5-6-15)12-19(22(25)26)23(27)28-4/h7-12,15,24H,5-6H2,1-4H3. The summed E-state index contributed by atoms with van der Waals surface area (Å²) < 4.78 is 6.43. The van der Waals surface area contributed by atoms with E-state index in [2.05, 4.69) is 37.4 Å². The Morgan fingerprint density at radius 3 is 2.54 bits per heavy atom. The molecule has 0 aliphatic heterocycles. The van der Waals surface area contributed by atoms with E-state index >= 15 is 0 Å². The molecule has 1 aromatic carbocycles. The minimum absolute atomic E-state index is 0.100. The lowest BCUT2D eigenvalue weighted by Gasteiger charge is -2.16. The van der Waals surface area contributed by atoms with Gasteiger partial charge in [-0.05, 0) is 84.7 Å². The summed E-state index contributed by atoms with van der Waals surface area (Å²) in [6.45, 7) is 4.13. The maximum Gasteiger partial charge on any atom is 0.343 e. The summed E-state index contributed by atoms with van der Waals surface area (Å²) in [6.07, 6.45) is 3.93. The highest BCUT2D eigenvalue weighted by Gasteiger charge is 2.29. The molecule has 1 saturated carbocycles. The molecule has 0 spiro atoms. The smallest absolute Gasteiger partial charge is 0.343 e. The highest BCUT2D eigenvalue weighted by atomic mass is 16.5. The van der Waals surface area contributed by atoms with E-state index in [1.165, 1.54) is 12.7 Å². The van der Waals surface area contributed by atoms with Gasteiger partial charge in [0.15, 0.2) is 0 Å². The SMILES string of the molecule is CNc1ccc(-c2ccn3c(=O)c(C(=O)OC)cc(C4CC4)c3c2C)cc1C. The van der Waals surface area contributed by atoms with E-state index in [0.29, 0.717) is 5.92 Å². The van der Waals surface area contributed by atoms with Crippen LogP contribution in [0.25, 0.3) is 16.6 Å². The van der Waals surface area contributed by atoms with Crippen molar-refractivity contribution in [1.82, 2.24) is 4.40 Å². The first-order valence-corrected chi connectivity index (χ1v) is 9.52.